The Balaban J connectivity index is 2.17. The van der Waals surface area contributed by atoms with Crippen LogP contribution in [0.5, 0.6) is 0 Å². The molecule has 3 unspecified atom stereocenters. The zero-order chi connectivity index (χ0) is 35.1. The van der Waals surface area contributed by atoms with Gasteiger partial charge in [0.25, 0.3) is 5.91 Å². The van der Waals surface area contributed by atoms with Gasteiger partial charge in [-0.25, -0.2) is 4.98 Å². The van der Waals surface area contributed by atoms with Crippen molar-refractivity contribution in [1.29, 1.82) is 0 Å². The number of aromatic nitrogens is 1. The molecule has 0 fully saturated rings. The predicted octanol–water partition coefficient (Wildman–Crippen LogP) is 5.11. The van der Waals surface area contributed by atoms with Crippen molar-refractivity contribution in [1.82, 2.24) is 31.2 Å². The Morgan fingerprint density at radius 3 is 2.21 bits per heavy atom. The number of carbonyl (C=O) groups is 4. The highest BCUT2D eigenvalue weighted by Crippen LogP contribution is 2.27. The second-order valence-corrected chi connectivity index (χ2v) is 15.2. The Labute approximate surface area is 286 Å². The first kappa shape index (κ1) is 39.9. The molecule has 0 bridgehead atoms. The van der Waals surface area contributed by atoms with Crippen LogP contribution in [0.15, 0.2) is 35.7 Å². The number of nitrogens with zero attached hydrogens (tertiary/aromatic N) is 2. The molecule has 11 heteroatoms. The number of carbonyl (C=O) groups excluding carboxylic acids is 4. The molecule has 4 N–H and O–H groups in total. The van der Waals surface area contributed by atoms with Gasteiger partial charge in [-0.05, 0) is 56.7 Å². The first-order valence-corrected chi connectivity index (χ1v) is 17.8. The van der Waals surface area contributed by atoms with E-state index >= 15 is 0 Å². The molecular formula is C36H58N6O4S. The number of thiazole rings is 1. The van der Waals surface area contributed by atoms with Crippen LogP contribution in [-0.2, 0) is 20.8 Å². The molecule has 2 aromatic rings. The average Bonchev–Trinajstić information content (AvgIpc) is 3.48. The fourth-order valence-electron chi connectivity index (χ4n) is 5.06. The van der Waals surface area contributed by atoms with Crippen LogP contribution < -0.4 is 21.3 Å². The molecule has 0 saturated carbocycles. The molecule has 0 aliphatic heterocycles. The molecule has 3 atom stereocenters. The first-order chi connectivity index (χ1) is 22.1. The average molecular weight is 671 g/mol. The van der Waals surface area contributed by atoms with E-state index in [0.717, 1.165) is 37.8 Å². The molecule has 4 amide bonds. The van der Waals surface area contributed by atoms with Gasteiger partial charge in [0, 0.05) is 22.9 Å². The molecule has 10 nitrogen and oxygen atoms in total. The van der Waals surface area contributed by atoms with Crippen molar-refractivity contribution < 1.29 is 19.2 Å². The number of amides is 4. The molecule has 262 valence electrons. The van der Waals surface area contributed by atoms with Gasteiger partial charge in [0.05, 0.1) is 19.1 Å². The van der Waals surface area contributed by atoms with Crippen LogP contribution in [0.3, 0.4) is 0 Å². The fourth-order valence-corrected chi connectivity index (χ4v) is 5.93. The highest BCUT2D eigenvalue weighted by molar-refractivity contribution is 7.09. The minimum atomic E-state index is -0.650. The standard InChI is InChI=1S/C36H58N6O4S/c1-10-11-17-42(9)22-32(44)37-21-31(43)39-28(25(4)5)20-29(41-35(46)36(6,7)8)34-40-30(23-47-34)33(45)38-27(18-24(2)3)19-26-15-13-12-14-16-26/h12-16,23-25,27-29H,10-11,17-22H2,1-9H3,(H,37,44)(H,38,45)(H,39,43)(H,41,46). The third-order valence-electron chi connectivity index (χ3n) is 7.85. The third-order valence-corrected chi connectivity index (χ3v) is 8.81. The zero-order valence-electron chi connectivity index (χ0n) is 29.9. The van der Waals surface area contributed by atoms with E-state index in [0.29, 0.717) is 23.0 Å². The number of hydrogen-bond donors (Lipinski definition) is 4. The summed E-state index contributed by atoms with van der Waals surface area (Å²) in [5, 5.41) is 14.4. The van der Waals surface area contributed by atoms with E-state index in [1.54, 1.807) is 5.38 Å². The van der Waals surface area contributed by atoms with Crippen LogP contribution >= 0.6 is 11.3 Å². The van der Waals surface area contributed by atoms with Crippen LogP contribution in [-0.4, -0.2) is 72.3 Å². The monoisotopic (exact) mass is 670 g/mol. The second-order valence-electron chi connectivity index (χ2n) is 14.4. The van der Waals surface area contributed by atoms with E-state index in [1.165, 1.54) is 11.3 Å². The van der Waals surface area contributed by atoms with Crippen molar-refractivity contribution in [2.45, 2.75) is 106 Å². The molecule has 0 aliphatic carbocycles. The van der Waals surface area contributed by atoms with Crippen LogP contribution in [0, 0.1) is 17.3 Å². The lowest BCUT2D eigenvalue weighted by atomic mass is 9.93. The van der Waals surface area contributed by atoms with Crippen LogP contribution in [0.4, 0.5) is 0 Å². The normalized spacial score (nSPS) is 13.7. The maximum atomic E-state index is 13.4. The lowest BCUT2D eigenvalue weighted by molar-refractivity contribution is -0.129. The summed E-state index contributed by atoms with van der Waals surface area (Å²) in [5.41, 5.74) is 0.809. The fraction of sp³-hybridized carbons (Fsp3) is 0.639. The molecule has 0 spiro atoms. The highest BCUT2D eigenvalue weighted by atomic mass is 32.1. The zero-order valence-corrected chi connectivity index (χ0v) is 30.8. The van der Waals surface area contributed by atoms with E-state index < -0.39 is 11.5 Å². The van der Waals surface area contributed by atoms with Crippen LogP contribution in [0.1, 0.15) is 108 Å². The molecule has 1 aromatic carbocycles. The predicted molar refractivity (Wildman–Crippen MR) is 190 cm³/mol. The van der Waals surface area contributed by atoms with Crippen molar-refractivity contribution in [2.75, 3.05) is 26.7 Å². The van der Waals surface area contributed by atoms with E-state index in [1.807, 2.05) is 64.8 Å². The van der Waals surface area contributed by atoms with Gasteiger partial charge in [-0.2, -0.15) is 0 Å². The first-order valence-electron chi connectivity index (χ1n) is 16.9. The summed E-state index contributed by atoms with van der Waals surface area (Å²) in [6, 6.07) is 9.21. The summed E-state index contributed by atoms with van der Waals surface area (Å²) in [4.78, 5) is 58.5. The number of rotatable bonds is 19. The topological polar surface area (TPSA) is 133 Å². The van der Waals surface area contributed by atoms with Crippen LogP contribution in [0.25, 0.3) is 0 Å². The maximum absolute atomic E-state index is 13.4. The molecule has 0 radical (unpaired) electrons. The third kappa shape index (κ3) is 15.0. The van der Waals surface area contributed by atoms with Gasteiger partial charge in [-0.15, -0.1) is 11.3 Å². The van der Waals surface area contributed by atoms with E-state index in [-0.39, 0.29) is 54.7 Å². The number of unbranched alkanes of at least 4 members (excludes halogenated alkanes) is 1. The Hall–Kier alpha value is -3.31. The number of nitrogens with one attached hydrogen (secondary N) is 4. The quantitative estimate of drug-likeness (QED) is 0.164. The van der Waals surface area contributed by atoms with Gasteiger partial charge in [-0.3, -0.25) is 24.1 Å². The molecule has 1 aromatic heterocycles. The number of hydrogen-bond acceptors (Lipinski definition) is 7. The summed E-state index contributed by atoms with van der Waals surface area (Å²) >= 11 is 1.32. The van der Waals surface area contributed by atoms with E-state index in [2.05, 4.69) is 54.2 Å². The summed E-state index contributed by atoms with van der Waals surface area (Å²) in [5.74, 6) is -0.486. The van der Waals surface area contributed by atoms with Crippen molar-refractivity contribution >= 4 is 35.0 Å². The Kier molecular flexibility index (Phi) is 16.5. The minimum absolute atomic E-state index is 0.0291. The van der Waals surface area contributed by atoms with E-state index in [4.69, 9.17) is 4.98 Å². The van der Waals surface area contributed by atoms with Gasteiger partial charge in [0.2, 0.25) is 17.7 Å². The molecule has 0 saturated heterocycles. The van der Waals surface area contributed by atoms with Gasteiger partial charge in [0.15, 0.2) is 0 Å². The van der Waals surface area contributed by atoms with Crippen molar-refractivity contribution in [2.24, 2.45) is 17.3 Å². The van der Waals surface area contributed by atoms with Crippen molar-refractivity contribution in [3.63, 3.8) is 0 Å². The van der Waals surface area contributed by atoms with Crippen LogP contribution in [0.2, 0.25) is 0 Å². The minimum Gasteiger partial charge on any atom is -0.351 e. The van der Waals surface area contributed by atoms with Gasteiger partial charge >= 0.3 is 0 Å². The number of likely N-dealkylation sites (N-methyl/N-ethyl adjacent to an activating group) is 1. The second kappa shape index (κ2) is 19.5. The largest absolute Gasteiger partial charge is 0.351 e. The lowest BCUT2D eigenvalue weighted by Crippen LogP contribution is -2.47. The molecule has 0 aliphatic rings. The smallest absolute Gasteiger partial charge is 0.270 e. The summed E-state index contributed by atoms with van der Waals surface area (Å²) in [6.45, 7) is 16.8. The molecule has 2 rings (SSSR count). The van der Waals surface area contributed by atoms with Gasteiger partial charge in [-0.1, -0.05) is 92.1 Å². The maximum Gasteiger partial charge on any atom is 0.270 e. The summed E-state index contributed by atoms with van der Waals surface area (Å²) < 4.78 is 0. The van der Waals surface area contributed by atoms with Gasteiger partial charge in [0.1, 0.15) is 10.7 Å². The highest BCUT2D eigenvalue weighted by Gasteiger charge is 2.30. The molecule has 1 heterocycles. The van der Waals surface area contributed by atoms with Crippen molar-refractivity contribution in [3.8, 4) is 0 Å². The SMILES string of the molecule is CCCCN(C)CC(=O)NCC(=O)NC(CC(NC(=O)C(C)(C)C)c1nc(C(=O)NC(Cc2ccccc2)CC(C)C)cs1)C(C)C. The Bertz CT molecular complexity index is 1270. The van der Waals surface area contributed by atoms with E-state index in [9.17, 15) is 19.2 Å². The Morgan fingerprint density at radius 1 is 0.936 bits per heavy atom. The van der Waals surface area contributed by atoms with Crippen molar-refractivity contribution in [3.05, 3.63) is 52.0 Å². The van der Waals surface area contributed by atoms with Gasteiger partial charge < -0.3 is 21.3 Å². The summed E-state index contributed by atoms with van der Waals surface area (Å²) in [7, 11) is 1.89. The molecule has 47 heavy (non-hydrogen) atoms. The Morgan fingerprint density at radius 2 is 1.62 bits per heavy atom. The lowest BCUT2D eigenvalue weighted by Gasteiger charge is -2.29. The number of benzene rings is 1. The molecular weight excluding hydrogens is 613 g/mol. The summed E-state index contributed by atoms with van der Waals surface area (Å²) in [6.07, 6.45) is 3.97.